The number of aromatic nitrogens is 2. The van der Waals surface area contributed by atoms with Crippen molar-refractivity contribution in [3.05, 3.63) is 60.2 Å². The third kappa shape index (κ3) is 5.59. The first-order valence-corrected chi connectivity index (χ1v) is 6.53. The number of nitrogens with one attached hydrogen (secondary N) is 1. The van der Waals surface area contributed by atoms with E-state index in [4.69, 9.17) is 4.74 Å². The molecule has 0 fully saturated rings. The second-order valence-electron chi connectivity index (χ2n) is 4.23. The maximum atomic E-state index is 5.51. The fourth-order valence-electron chi connectivity index (χ4n) is 1.70. The van der Waals surface area contributed by atoms with E-state index in [1.807, 2.05) is 6.07 Å². The third-order valence-electron chi connectivity index (χ3n) is 2.66. The van der Waals surface area contributed by atoms with Crippen LogP contribution in [0.25, 0.3) is 0 Å². The van der Waals surface area contributed by atoms with Gasteiger partial charge in [0.05, 0.1) is 0 Å². The molecule has 19 heavy (non-hydrogen) atoms. The van der Waals surface area contributed by atoms with Crippen molar-refractivity contribution in [1.82, 2.24) is 15.3 Å². The van der Waals surface area contributed by atoms with Crippen molar-refractivity contribution in [2.75, 3.05) is 13.2 Å². The van der Waals surface area contributed by atoms with Gasteiger partial charge in [-0.25, -0.2) is 9.97 Å². The minimum atomic E-state index is 0.486. The normalized spacial score (nSPS) is 10.5. The number of rotatable bonds is 8. The van der Waals surface area contributed by atoms with Crippen LogP contribution in [0.5, 0.6) is 0 Å². The van der Waals surface area contributed by atoms with Crippen LogP contribution in [0.3, 0.4) is 0 Å². The molecular weight excluding hydrogens is 238 g/mol. The van der Waals surface area contributed by atoms with Crippen LogP contribution >= 0.6 is 0 Å². The number of nitrogens with zero attached hydrogens (tertiary/aromatic N) is 2. The quantitative estimate of drug-likeness (QED) is 0.736. The zero-order valence-electron chi connectivity index (χ0n) is 11.0. The first-order chi connectivity index (χ1) is 9.45. The second-order valence-corrected chi connectivity index (χ2v) is 4.23. The van der Waals surface area contributed by atoms with E-state index in [0.29, 0.717) is 6.61 Å². The molecule has 1 heterocycles. The summed E-state index contributed by atoms with van der Waals surface area (Å²) in [6, 6.07) is 12.2. The van der Waals surface area contributed by atoms with Crippen molar-refractivity contribution in [3.63, 3.8) is 0 Å². The third-order valence-corrected chi connectivity index (χ3v) is 2.66. The first kappa shape index (κ1) is 13.6. The highest BCUT2D eigenvalue weighted by molar-refractivity contribution is 5.14. The van der Waals surface area contributed by atoms with Crippen LogP contribution in [0.15, 0.2) is 48.8 Å². The minimum Gasteiger partial charge on any atom is -0.373 e. The number of hydrogen-bond acceptors (Lipinski definition) is 4. The van der Waals surface area contributed by atoms with E-state index in [2.05, 4.69) is 39.6 Å². The van der Waals surface area contributed by atoms with Crippen molar-refractivity contribution in [3.8, 4) is 0 Å². The van der Waals surface area contributed by atoms with Crippen LogP contribution in [0, 0.1) is 0 Å². The molecule has 1 aromatic carbocycles. The minimum absolute atomic E-state index is 0.486. The Bertz CT molecular complexity index is 404. The molecule has 0 atom stereocenters. The molecule has 0 aliphatic rings. The topological polar surface area (TPSA) is 47.0 Å². The SMILES string of the molecule is c1ccc(CNCCCOCc2ncccn2)cc1. The maximum Gasteiger partial charge on any atom is 0.153 e. The van der Waals surface area contributed by atoms with E-state index in [9.17, 15) is 0 Å². The average molecular weight is 257 g/mol. The van der Waals surface area contributed by atoms with Gasteiger partial charge in [0.25, 0.3) is 0 Å². The van der Waals surface area contributed by atoms with E-state index in [1.54, 1.807) is 18.5 Å². The Hall–Kier alpha value is -1.78. The van der Waals surface area contributed by atoms with E-state index >= 15 is 0 Å². The Balaban J connectivity index is 1.49. The molecule has 0 unspecified atom stereocenters. The lowest BCUT2D eigenvalue weighted by molar-refractivity contribution is 0.113. The van der Waals surface area contributed by atoms with E-state index in [0.717, 1.165) is 31.9 Å². The number of hydrogen-bond donors (Lipinski definition) is 1. The predicted molar refractivity (Wildman–Crippen MR) is 74.5 cm³/mol. The summed E-state index contributed by atoms with van der Waals surface area (Å²) in [6.07, 6.45) is 4.44. The summed E-state index contributed by atoms with van der Waals surface area (Å²) >= 11 is 0. The summed E-state index contributed by atoms with van der Waals surface area (Å²) in [6.45, 7) is 3.06. The molecule has 0 saturated heterocycles. The van der Waals surface area contributed by atoms with Crippen molar-refractivity contribution in [2.24, 2.45) is 0 Å². The molecule has 0 aliphatic heterocycles. The van der Waals surface area contributed by atoms with Gasteiger partial charge >= 0.3 is 0 Å². The van der Waals surface area contributed by atoms with Gasteiger partial charge in [0.1, 0.15) is 6.61 Å². The van der Waals surface area contributed by atoms with E-state index in [-0.39, 0.29) is 0 Å². The van der Waals surface area contributed by atoms with Crippen molar-refractivity contribution >= 4 is 0 Å². The highest BCUT2D eigenvalue weighted by atomic mass is 16.5. The number of benzene rings is 1. The van der Waals surface area contributed by atoms with Crippen LogP contribution in [0.4, 0.5) is 0 Å². The van der Waals surface area contributed by atoms with Crippen LogP contribution in [-0.4, -0.2) is 23.1 Å². The molecule has 0 spiro atoms. The van der Waals surface area contributed by atoms with Gasteiger partial charge in [-0.05, 0) is 24.6 Å². The molecule has 1 N–H and O–H groups in total. The monoisotopic (exact) mass is 257 g/mol. The summed E-state index contributed by atoms with van der Waals surface area (Å²) in [5.41, 5.74) is 1.31. The lowest BCUT2D eigenvalue weighted by Gasteiger charge is -2.05. The summed E-state index contributed by atoms with van der Waals surface area (Å²) in [4.78, 5) is 8.20. The molecular formula is C15H19N3O. The van der Waals surface area contributed by atoms with Gasteiger partial charge in [-0.15, -0.1) is 0 Å². The molecule has 0 saturated carbocycles. The van der Waals surface area contributed by atoms with Crippen molar-refractivity contribution in [1.29, 1.82) is 0 Å². The zero-order valence-corrected chi connectivity index (χ0v) is 11.0. The van der Waals surface area contributed by atoms with E-state index < -0.39 is 0 Å². The molecule has 0 amide bonds. The smallest absolute Gasteiger partial charge is 0.153 e. The van der Waals surface area contributed by atoms with Gasteiger partial charge in [-0.1, -0.05) is 30.3 Å². The summed E-state index contributed by atoms with van der Waals surface area (Å²) in [5, 5.41) is 3.39. The van der Waals surface area contributed by atoms with Crippen LogP contribution in [-0.2, 0) is 17.9 Å². The van der Waals surface area contributed by atoms with Gasteiger partial charge in [0, 0.05) is 25.5 Å². The average Bonchev–Trinajstić information content (AvgIpc) is 2.48. The van der Waals surface area contributed by atoms with Crippen molar-refractivity contribution < 1.29 is 4.74 Å². The largest absolute Gasteiger partial charge is 0.373 e. The van der Waals surface area contributed by atoms with Gasteiger partial charge in [0.15, 0.2) is 5.82 Å². The molecule has 4 nitrogen and oxygen atoms in total. The Kier molecular flexibility index (Phi) is 5.99. The van der Waals surface area contributed by atoms with Gasteiger partial charge in [-0.2, -0.15) is 0 Å². The molecule has 0 aliphatic carbocycles. The van der Waals surface area contributed by atoms with Crippen molar-refractivity contribution in [2.45, 2.75) is 19.6 Å². The lowest BCUT2D eigenvalue weighted by atomic mass is 10.2. The molecule has 100 valence electrons. The van der Waals surface area contributed by atoms with E-state index in [1.165, 1.54) is 5.56 Å². The highest BCUT2D eigenvalue weighted by Crippen LogP contribution is 1.97. The molecule has 1 aromatic heterocycles. The molecule has 0 radical (unpaired) electrons. The Morgan fingerprint density at radius 1 is 1.00 bits per heavy atom. The highest BCUT2D eigenvalue weighted by Gasteiger charge is 1.95. The Morgan fingerprint density at radius 3 is 2.58 bits per heavy atom. The van der Waals surface area contributed by atoms with Crippen LogP contribution < -0.4 is 5.32 Å². The standard InChI is InChI=1S/C15H19N3O/c1-2-6-14(7-3-1)12-16-8-5-11-19-13-15-17-9-4-10-18-15/h1-4,6-7,9-10,16H,5,8,11-13H2. The summed E-state index contributed by atoms with van der Waals surface area (Å²) < 4.78 is 5.51. The molecule has 2 aromatic rings. The first-order valence-electron chi connectivity index (χ1n) is 6.53. The predicted octanol–water partition coefficient (Wildman–Crippen LogP) is 2.17. The van der Waals surface area contributed by atoms with Crippen LogP contribution in [0.2, 0.25) is 0 Å². The second kappa shape index (κ2) is 8.34. The van der Waals surface area contributed by atoms with Crippen LogP contribution in [0.1, 0.15) is 17.8 Å². The Labute approximate surface area is 113 Å². The fraction of sp³-hybridized carbons (Fsp3) is 0.333. The number of ether oxygens (including phenoxy) is 1. The zero-order chi connectivity index (χ0) is 13.2. The lowest BCUT2D eigenvalue weighted by Crippen LogP contribution is -2.16. The maximum absolute atomic E-state index is 5.51. The van der Waals surface area contributed by atoms with Gasteiger partial charge in [-0.3, -0.25) is 0 Å². The summed E-state index contributed by atoms with van der Waals surface area (Å²) in [5.74, 6) is 0.736. The summed E-state index contributed by atoms with van der Waals surface area (Å²) in [7, 11) is 0. The molecule has 0 bridgehead atoms. The molecule has 4 heteroatoms. The fourth-order valence-corrected chi connectivity index (χ4v) is 1.70. The molecule has 2 rings (SSSR count). The van der Waals surface area contributed by atoms with Gasteiger partial charge < -0.3 is 10.1 Å². The Morgan fingerprint density at radius 2 is 1.79 bits per heavy atom. The van der Waals surface area contributed by atoms with Gasteiger partial charge in [0.2, 0.25) is 0 Å².